The number of aromatic amines is 1. The topological polar surface area (TPSA) is 74.9 Å². The molecule has 156 valence electrons. The van der Waals surface area contributed by atoms with Crippen LogP contribution in [-0.2, 0) is 20.7 Å². The molecule has 2 saturated heterocycles. The highest BCUT2D eigenvalue weighted by Crippen LogP contribution is 2.28. The molecule has 1 atom stereocenters. The predicted octanol–water partition coefficient (Wildman–Crippen LogP) is 2.95. The fourth-order valence-corrected chi connectivity index (χ4v) is 4.46. The summed E-state index contributed by atoms with van der Waals surface area (Å²) in [5.74, 6) is -0.123. The maximum Gasteiger partial charge on any atom is 0.326 e. The number of rotatable bonds is 7. The van der Waals surface area contributed by atoms with E-state index < -0.39 is 5.60 Å². The number of benzene rings is 1. The van der Waals surface area contributed by atoms with Gasteiger partial charge in [-0.15, -0.1) is 0 Å². The number of aromatic nitrogens is 1. The van der Waals surface area contributed by atoms with Crippen molar-refractivity contribution in [3.05, 3.63) is 36.0 Å². The lowest BCUT2D eigenvalue weighted by molar-refractivity contribution is -0.147. The van der Waals surface area contributed by atoms with Crippen LogP contribution < -0.4 is 0 Å². The third kappa shape index (κ3) is 4.16. The Hall–Kier alpha value is -2.38. The molecule has 2 aliphatic heterocycles. The molecule has 2 fully saturated rings. The summed E-state index contributed by atoms with van der Waals surface area (Å²) in [6, 6.07) is 8.02. The van der Waals surface area contributed by atoms with Crippen LogP contribution in [0.3, 0.4) is 0 Å². The van der Waals surface area contributed by atoms with Gasteiger partial charge in [-0.25, -0.2) is 4.79 Å². The monoisotopic (exact) mass is 399 g/mol. The van der Waals surface area contributed by atoms with E-state index in [4.69, 9.17) is 9.47 Å². The zero-order chi connectivity index (χ0) is 20.3. The molecule has 4 rings (SSSR count). The molecule has 29 heavy (non-hydrogen) atoms. The number of amides is 3. The molecule has 0 aliphatic carbocycles. The average molecular weight is 399 g/mol. The van der Waals surface area contributed by atoms with Crippen LogP contribution in [0.4, 0.5) is 4.79 Å². The van der Waals surface area contributed by atoms with Crippen molar-refractivity contribution in [2.24, 2.45) is 0 Å². The molecule has 0 saturated carbocycles. The molecule has 7 nitrogen and oxygen atoms in total. The number of para-hydroxylation sites is 1. The number of hydrogen-bond acceptors (Lipinski definition) is 4. The van der Waals surface area contributed by atoms with E-state index in [1.807, 2.05) is 18.3 Å². The third-order valence-corrected chi connectivity index (χ3v) is 6.01. The summed E-state index contributed by atoms with van der Waals surface area (Å²) in [7, 11) is 1.63. The SMILES string of the molecule is COCC1(CN2C(=O)CCN(CCc3cccc4cc[nH]c34)C2=O)CCCCO1. The van der Waals surface area contributed by atoms with Gasteiger partial charge in [0.05, 0.1) is 13.2 Å². The van der Waals surface area contributed by atoms with Crippen molar-refractivity contribution in [1.29, 1.82) is 0 Å². The van der Waals surface area contributed by atoms with Crippen LogP contribution in [0.5, 0.6) is 0 Å². The van der Waals surface area contributed by atoms with E-state index in [2.05, 4.69) is 17.1 Å². The summed E-state index contributed by atoms with van der Waals surface area (Å²) in [4.78, 5) is 32.1. The molecular formula is C22H29N3O4. The summed E-state index contributed by atoms with van der Waals surface area (Å²) in [5.41, 5.74) is 1.70. The largest absolute Gasteiger partial charge is 0.382 e. The van der Waals surface area contributed by atoms with Gasteiger partial charge in [0, 0.05) is 44.9 Å². The van der Waals surface area contributed by atoms with Crippen molar-refractivity contribution in [1.82, 2.24) is 14.8 Å². The second kappa shape index (κ2) is 8.55. The van der Waals surface area contributed by atoms with Crippen LogP contribution in [0, 0.1) is 0 Å². The molecule has 1 unspecified atom stereocenters. The molecule has 1 N–H and O–H groups in total. The summed E-state index contributed by atoms with van der Waals surface area (Å²) in [5, 5.41) is 1.17. The minimum Gasteiger partial charge on any atom is -0.382 e. The number of carbonyl (C=O) groups is 2. The van der Waals surface area contributed by atoms with Crippen molar-refractivity contribution in [2.75, 3.05) is 40.0 Å². The molecule has 1 aromatic carbocycles. The molecule has 0 bridgehead atoms. The average Bonchev–Trinajstić information content (AvgIpc) is 3.21. The van der Waals surface area contributed by atoms with Crippen molar-refractivity contribution in [3.63, 3.8) is 0 Å². The number of ether oxygens (including phenoxy) is 2. The fraction of sp³-hybridized carbons (Fsp3) is 0.545. The second-order valence-corrected chi connectivity index (χ2v) is 8.03. The number of nitrogens with one attached hydrogen (secondary N) is 1. The molecule has 3 heterocycles. The highest BCUT2D eigenvalue weighted by Gasteiger charge is 2.41. The number of urea groups is 1. The third-order valence-electron chi connectivity index (χ3n) is 6.01. The molecule has 1 aromatic heterocycles. The molecule has 0 radical (unpaired) electrons. The lowest BCUT2D eigenvalue weighted by Crippen LogP contribution is -2.59. The standard InChI is InChI=1S/C22H29N3O4/c1-28-16-22(10-2-3-14-29-22)15-25-19(26)9-13-24(21(25)27)12-8-18-6-4-5-17-7-11-23-20(17)18/h4-7,11,23H,2-3,8-10,12-16H2,1H3. The van der Waals surface area contributed by atoms with Gasteiger partial charge in [0.15, 0.2) is 0 Å². The maximum absolute atomic E-state index is 13.1. The van der Waals surface area contributed by atoms with Gasteiger partial charge in [-0.3, -0.25) is 9.69 Å². The quantitative estimate of drug-likeness (QED) is 0.777. The van der Waals surface area contributed by atoms with Gasteiger partial charge >= 0.3 is 6.03 Å². The van der Waals surface area contributed by atoms with E-state index >= 15 is 0 Å². The highest BCUT2D eigenvalue weighted by atomic mass is 16.5. The molecular weight excluding hydrogens is 370 g/mol. The zero-order valence-corrected chi connectivity index (χ0v) is 17.0. The Morgan fingerprint density at radius 1 is 1.24 bits per heavy atom. The van der Waals surface area contributed by atoms with Crippen molar-refractivity contribution >= 4 is 22.8 Å². The van der Waals surface area contributed by atoms with E-state index in [0.29, 0.717) is 32.7 Å². The van der Waals surface area contributed by atoms with Crippen LogP contribution in [-0.4, -0.2) is 72.3 Å². The number of carbonyl (C=O) groups excluding carboxylic acids is 2. The molecule has 7 heteroatoms. The molecule has 2 aliphatic rings. The van der Waals surface area contributed by atoms with Gasteiger partial charge < -0.3 is 19.4 Å². The minimum atomic E-state index is -0.586. The Balaban J connectivity index is 1.45. The number of methoxy groups -OCH3 is 1. The van der Waals surface area contributed by atoms with Crippen LogP contribution in [0.25, 0.3) is 10.9 Å². The number of hydrogen-bond donors (Lipinski definition) is 1. The Morgan fingerprint density at radius 2 is 2.14 bits per heavy atom. The van der Waals surface area contributed by atoms with Gasteiger partial charge in [0.25, 0.3) is 0 Å². The Bertz CT molecular complexity index is 866. The van der Waals surface area contributed by atoms with E-state index in [1.54, 1.807) is 12.0 Å². The summed E-state index contributed by atoms with van der Waals surface area (Å²) in [6.07, 6.45) is 5.84. The van der Waals surface area contributed by atoms with Gasteiger partial charge in [0.1, 0.15) is 5.60 Å². The van der Waals surface area contributed by atoms with E-state index in [0.717, 1.165) is 31.2 Å². The van der Waals surface area contributed by atoms with Gasteiger partial charge in [-0.1, -0.05) is 18.2 Å². The second-order valence-electron chi connectivity index (χ2n) is 8.03. The van der Waals surface area contributed by atoms with E-state index in [9.17, 15) is 9.59 Å². The first-order valence-corrected chi connectivity index (χ1v) is 10.4. The highest BCUT2D eigenvalue weighted by molar-refractivity contribution is 5.97. The molecule has 0 spiro atoms. The lowest BCUT2D eigenvalue weighted by atomic mass is 9.93. The summed E-state index contributed by atoms with van der Waals surface area (Å²) < 4.78 is 11.4. The first kappa shape index (κ1) is 19.9. The first-order chi connectivity index (χ1) is 14.1. The lowest BCUT2D eigenvalue weighted by Gasteiger charge is -2.42. The Morgan fingerprint density at radius 3 is 2.93 bits per heavy atom. The van der Waals surface area contributed by atoms with Crippen LogP contribution in [0.2, 0.25) is 0 Å². The smallest absolute Gasteiger partial charge is 0.326 e. The van der Waals surface area contributed by atoms with E-state index in [1.165, 1.54) is 15.8 Å². The Labute approximate surface area is 170 Å². The van der Waals surface area contributed by atoms with E-state index in [-0.39, 0.29) is 18.5 Å². The van der Waals surface area contributed by atoms with Gasteiger partial charge in [-0.05, 0) is 42.7 Å². The first-order valence-electron chi connectivity index (χ1n) is 10.4. The van der Waals surface area contributed by atoms with Crippen LogP contribution >= 0.6 is 0 Å². The Kier molecular flexibility index (Phi) is 5.87. The van der Waals surface area contributed by atoms with Gasteiger partial charge in [0.2, 0.25) is 5.91 Å². The van der Waals surface area contributed by atoms with Crippen LogP contribution in [0.1, 0.15) is 31.2 Å². The molecule has 2 aromatic rings. The summed E-state index contributed by atoms with van der Waals surface area (Å²) >= 11 is 0. The molecule has 3 amide bonds. The minimum absolute atomic E-state index is 0.123. The van der Waals surface area contributed by atoms with Crippen molar-refractivity contribution < 1.29 is 19.1 Å². The fourth-order valence-electron chi connectivity index (χ4n) is 4.46. The zero-order valence-electron chi connectivity index (χ0n) is 17.0. The number of imide groups is 1. The van der Waals surface area contributed by atoms with Gasteiger partial charge in [-0.2, -0.15) is 0 Å². The number of H-pyrrole nitrogens is 1. The van der Waals surface area contributed by atoms with Crippen molar-refractivity contribution in [3.8, 4) is 0 Å². The predicted molar refractivity (Wildman–Crippen MR) is 110 cm³/mol. The van der Waals surface area contributed by atoms with Crippen LogP contribution in [0.15, 0.2) is 30.5 Å². The number of nitrogens with zero attached hydrogens (tertiary/aromatic N) is 2. The maximum atomic E-state index is 13.1. The number of fused-ring (bicyclic) bond motifs is 1. The van der Waals surface area contributed by atoms with Crippen molar-refractivity contribution in [2.45, 2.75) is 37.7 Å². The normalized spacial score (nSPS) is 23.2. The summed E-state index contributed by atoms with van der Waals surface area (Å²) in [6.45, 7) is 2.34.